The van der Waals surface area contributed by atoms with Gasteiger partial charge in [0, 0.05) is 17.5 Å². The number of carbonyl (C=O) groups excluding carboxylic acids is 1. The first kappa shape index (κ1) is 12.4. The Kier molecular flexibility index (Phi) is 3.79. The van der Waals surface area contributed by atoms with Gasteiger partial charge in [0.15, 0.2) is 11.9 Å². The van der Waals surface area contributed by atoms with E-state index in [9.17, 15) is 14.7 Å². The van der Waals surface area contributed by atoms with E-state index in [0.717, 1.165) is 0 Å². The molecule has 16 heavy (non-hydrogen) atoms. The summed E-state index contributed by atoms with van der Waals surface area (Å²) in [7, 11) is 0. The van der Waals surface area contributed by atoms with Gasteiger partial charge in [0.25, 0.3) is 0 Å². The van der Waals surface area contributed by atoms with Gasteiger partial charge in [0.2, 0.25) is 0 Å². The lowest BCUT2D eigenvalue weighted by Crippen LogP contribution is -2.15. The quantitative estimate of drug-likeness (QED) is 0.760. The second kappa shape index (κ2) is 4.90. The molecule has 0 amide bonds. The van der Waals surface area contributed by atoms with E-state index in [0.29, 0.717) is 11.1 Å². The molecule has 1 aromatic rings. The Balaban J connectivity index is 3.33. The Bertz CT molecular complexity index is 423. The summed E-state index contributed by atoms with van der Waals surface area (Å²) in [5, 5.41) is 18.2. The van der Waals surface area contributed by atoms with Crippen molar-refractivity contribution in [3.63, 3.8) is 0 Å². The van der Waals surface area contributed by atoms with Crippen LogP contribution in [0.2, 0.25) is 0 Å². The van der Waals surface area contributed by atoms with Crippen molar-refractivity contribution in [2.45, 2.75) is 26.4 Å². The minimum Gasteiger partial charge on any atom is -0.479 e. The van der Waals surface area contributed by atoms with E-state index in [2.05, 4.69) is 0 Å². The summed E-state index contributed by atoms with van der Waals surface area (Å²) in [5.41, 5.74) is 1.17. The van der Waals surface area contributed by atoms with E-state index in [-0.39, 0.29) is 17.8 Å². The predicted molar refractivity (Wildman–Crippen MR) is 58.4 cm³/mol. The zero-order valence-corrected chi connectivity index (χ0v) is 9.23. The Morgan fingerprint density at radius 3 is 2.50 bits per heavy atom. The van der Waals surface area contributed by atoms with Crippen LogP contribution in [-0.2, 0) is 4.79 Å². The van der Waals surface area contributed by atoms with E-state index in [1.165, 1.54) is 6.07 Å². The lowest BCUT2D eigenvalue weighted by atomic mass is 9.94. The lowest BCUT2D eigenvalue weighted by Gasteiger charge is -2.13. The molecule has 0 aliphatic rings. The lowest BCUT2D eigenvalue weighted by molar-refractivity contribution is -0.146. The second-order valence-corrected chi connectivity index (χ2v) is 3.56. The molecule has 0 bridgehead atoms. The number of carbonyl (C=O) groups is 2. The van der Waals surface area contributed by atoms with Crippen molar-refractivity contribution in [1.29, 1.82) is 0 Å². The largest absolute Gasteiger partial charge is 0.479 e. The summed E-state index contributed by atoms with van der Waals surface area (Å²) in [5.74, 6) is -1.51. The van der Waals surface area contributed by atoms with E-state index in [1.54, 1.807) is 26.0 Å². The first-order valence-corrected chi connectivity index (χ1v) is 5.02. The van der Waals surface area contributed by atoms with Gasteiger partial charge in [0.05, 0.1) is 0 Å². The molecule has 1 unspecified atom stereocenters. The Hall–Kier alpha value is -1.68. The number of aliphatic hydroxyl groups is 1. The van der Waals surface area contributed by atoms with Gasteiger partial charge in [0.1, 0.15) is 0 Å². The first-order valence-electron chi connectivity index (χ1n) is 5.02. The molecule has 1 rings (SSSR count). The number of aryl methyl sites for hydroxylation is 1. The maximum atomic E-state index is 11.7. The van der Waals surface area contributed by atoms with Crippen LogP contribution in [-0.4, -0.2) is 22.0 Å². The average Bonchev–Trinajstić information content (AvgIpc) is 2.26. The molecule has 0 fully saturated rings. The average molecular weight is 222 g/mol. The molecule has 0 aliphatic carbocycles. The van der Waals surface area contributed by atoms with Crippen molar-refractivity contribution in [3.05, 3.63) is 34.9 Å². The Morgan fingerprint density at radius 2 is 2.00 bits per heavy atom. The van der Waals surface area contributed by atoms with Crippen LogP contribution in [0, 0.1) is 6.92 Å². The minimum atomic E-state index is -1.65. The highest BCUT2D eigenvalue weighted by Crippen LogP contribution is 2.22. The van der Waals surface area contributed by atoms with Crippen LogP contribution in [0.5, 0.6) is 0 Å². The number of carboxylic acids is 1. The summed E-state index contributed by atoms with van der Waals surface area (Å²) in [4.78, 5) is 22.4. The molecule has 0 aliphatic heterocycles. The zero-order chi connectivity index (χ0) is 12.3. The molecule has 1 atom stereocenters. The van der Waals surface area contributed by atoms with Crippen LogP contribution in [0.3, 0.4) is 0 Å². The molecule has 0 aromatic heterocycles. The van der Waals surface area contributed by atoms with Crippen LogP contribution in [0.15, 0.2) is 18.2 Å². The summed E-state index contributed by atoms with van der Waals surface area (Å²) in [6.45, 7) is 3.42. The van der Waals surface area contributed by atoms with Gasteiger partial charge in [-0.05, 0) is 12.5 Å². The van der Waals surface area contributed by atoms with Crippen molar-refractivity contribution in [1.82, 2.24) is 0 Å². The smallest absolute Gasteiger partial charge is 0.337 e. The van der Waals surface area contributed by atoms with Crippen molar-refractivity contribution in [2.75, 3.05) is 0 Å². The number of carboxylic acid groups (broad SMARTS) is 1. The highest BCUT2D eigenvalue weighted by atomic mass is 16.4. The maximum absolute atomic E-state index is 11.7. The molecule has 0 heterocycles. The predicted octanol–water partition coefficient (Wildman–Crippen LogP) is 1.71. The van der Waals surface area contributed by atoms with Gasteiger partial charge >= 0.3 is 5.97 Å². The van der Waals surface area contributed by atoms with Crippen LogP contribution in [0.1, 0.15) is 40.9 Å². The van der Waals surface area contributed by atoms with Crippen molar-refractivity contribution < 1.29 is 19.8 Å². The third-order valence-corrected chi connectivity index (χ3v) is 2.43. The molecule has 4 nitrogen and oxygen atoms in total. The van der Waals surface area contributed by atoms with Gasteiger partial charge < -0.3 is 10.2 Å². The number of hydrogen-bond acceptors (Lipinski definition) is 3. The first-order chi connectivity index (χ1) is 7.49. The summed E-state index contributed by atoms with van der Waals surface area (Å²) in [6.07, 6.45) is -1.37. The van der Waals surface area contributed by atoms with E-state index < -0.39 is 12.1 Å². The molecule has 0 saturated heterocycles. The van der Waals surface area contributed by atoms with Crippen LogP contribution in [0.4, 0.5) is 0 Å². The van der Waals surface area contributed by atoms with Crippen molar-refractivity contribution >= 4 is 11.8 Å². The summed E-state index contributed by atoms with van der Waals surface area (Å²) in [6, 6.07) is 4.82. The molecule has 0 spiro atoms. The fourth-order valence-electron chi connectivity index (χ4n) is 1.61. The van der Waals surface area contributed by atoms with E-state index in [1.807, 2.05) is 0 Å². The molecule has 2 N–H and O–H groups in total. The molecule has 1 aromatic carbocycles. The number of aliphatic hydroxyl groups excluding tert-OH is 1. The van der Waals surface area contributed by atoms with Gasteiger partial charge in [-0.2, -0.15) is 0 Å². The number of benzene rings is 1. The highest BCUT2D eigenvalue weighted by molar-refractivity contribution is 5.99. The number of hydrogen-bond donors (Lipinski definition) is 2. The van der Waals surface area contributed by atoms with Crippen molar-refractivity contribution in [3.8, 4) is 0 Å². The number of aliphatic carboxylic acids is 1. The topological polar surface area (TPSA) is 74.6 Å². The SMILES string of the molecule is CCC(=O)c1c(C)cccc1C(O)C(=O)O. The summed E-state index contributed by atoms with van der Waals surface area (Å²) < 4.78 is 0. The Morgan fingerprint density at radius 1 is 1.38 bits per heavy atom. The number of rotatable bonds is 4. The highest BCUT2D eigenvalue weighted by Gasteiger charge is 2.23. The second-order valence-electron chi connectivity index (χ2n) is 3.56. The molecule has 4 heteroatoms. The molecule has 86 valence electrons. The third kappa shape index (κ3) is 2.28. The Labute approximate surface area is 93.5 Å². The summed E-state index contributed by atoms with van der Waals surface area (Å²) >= 11 is 0. The molecular formula is C12H14O4. The normalized spacial score (nSPS) is 12.2. The monoisotopic (exact) mass is 222 g/mol. The van der Waals surface area contributed by atoms with Gasteiger partial charge in [-0.3, -0.25) is 4.79 Å². The fourth-order valence-corrected chi connectivity index (χ4v) is 1.61. The van der Waals surface area contributed by atoms with E-state index >= 15 is 0 Å². The minimum absolute atomic E-state index is 0.159. The number of ketones is 1. The maximum Gasteiger partial charge on any atom is 0.337 e. The van der Waals surface area contributed by atoms with Gasteiger partial charge in [-0.25, -0.2) is 4.79 Å². The molecular weight excluding hydrogens is 208 g/mol. The molecule has 0 saturated carbocycles. The fraction of sp³-hybridized carbons (Fsp3) is 0.333. The zero-order valence-electron chi connectivity index (χ0n) is 9.23. The van der Waals surface area contributed by atoms with Crippen LogP contribution < -0.4 is 0 Å². The van der Waals surface area contributed by atoms with Crippen molar-refractivity contribution in [2.24, 2.45) is 0 Å². The standard InChI is InChI=1S/C12H14O4/c1-3-9(13)10-7(2)5-4-6-8(10)11(14)12(15)16/h4-6,11,14H,3H2,1-2H3,(H,15,16). The van der Waals surface area contributed by atoms with Gasteiger partial charge in [-0.1, -0.05) is 25.1 Å². The molecule has 0 radical (unpaired) electrons. The number of Topliss-reactive ketones (excluding diaryl/α,β-unsaturated/α-hetero) is 1. The van der Waals surface area contributed by atoms with Crippen LogP contribution >= 0.6 is 0 Å². The van der Waals surface area contributed by atoms with Crippen LogP contribution in [0.25, 0.3) is 0 Å². The third-order valence-electron chi connectivity index (χ3n) is 2.43. The van der Waals surface area contributed by atoms with Gasteiger partial charge in [-0.15, -0.1) is 0 Å². The van der Waals surface area contributed by atoms with E-state index in [4.69, 9.17) is 5.11 Å².